The first-order valence-electron chi connectivity index (χ1n) is 8.58. The fourth-order valence-corrected chi connectivity index (χ4v) is 3.77. The van der Waals surface area contributed by atoms with Crippen LogP contribution in [0.15, 0.2) is 53.9 Å². The van der Waals surface area contributed by atoms with Gasteiger partial charge in [-0.25, -0.2) is 4.79 Å². The number of rotatable bonds is 8. The summed E-state index contributed by atoms with van der Waals surface area (Å²) in [5.41, 5.74) is 2.18. The fraction of sp³-hybridized carbons (Fsp3) is 0.286. The summed E-state index contributed by atoms with van der Waals surface area (Å²) < 4.78 is 17.5. The summed E-state index contributed by atoms with van der Waals surface area (Å²) in [6, 6.07) is 16.1. The summed E-state index contributed by atoms with van der Waals surface area (Å²) in [5.74, 6) is 0.508. The zero-order chi connectivity index (χ0) is 18.4. The lowest BCUT2D eigenvalue weighted by Crippen LogP contribution is -2.28. The highest BCUT2D eigenvalue weighted by molar-refractivity contribution is 7.17. The summed E-state index contributed by atoms with van der Waals surface area (Å²) in [5, 5.41) is 3.13. The van der Waals surface area contributed by atoms with E-state index in [1.54, 1.807) is 11.3 Å². The van der Waals surface area contributed by atoms with Crippen LogP contribution in [-0.4, -0.2) is 25.8 Å². The molecule has 0 spiro atoms. The number of ether oxygens (including phenoxy) is 3. The maximum atomic E-state index is 11.9. The SMILES string of the molecule is CCOC(Cc1ccc(OCc2ccccc2)c2sccc12)C(=O)OC. The normalized spacial score (nSPS) is 12.1. The van der Waals surface area contributed by atoms with Gasteiger partial charge in [0, 0.05) is 13.0 Å². The quantitative estimate of drug-likeness (QED) is 0.544. The summed E-state index contributed by atoms with van der Waals surface area (Å²) in [4.78, 5) is 11.9. The summed E-state index contributed by atoms with van der Waals surface area (Å²) in [6.07, 6.45) is -0.114. The van der Waals surface area contributed by atoms with Gasteiger partial charge in [-0.05, 0) is 40.9 Å². The lowest BCUT2D eigenvalue weighted by atomic mass is 10.0. The van der Waals surface area contributed by atoms with Crippen LogP contribution in [0.1, 0.15) is 18.1 Å². The van der Waals surface area contributed by atoms with Crippen LogP contribution in [0.2, 0.25) is 0 Å². The Morgan fingerprint density at radius 1 is 1.12 bits per heavy atom. The highest BCUT2D eigenvalue weighted by Gasteiger charge is 2.21. The Balaban J connectivity index is 1.81. The van der Waals surface area contributed by atoms with Crippen molar-refractivity contribution in [3.63, 3.8) is 0 Å². The van der Waals surface area contributed by atoms with Crippen molar-refractivity contribution >= 4 is 27.4 Å². The average Bonchev–Trinajstić information content (AvgIpc) is 3.17. The van der Waals surface area contributed by atoms with E-state index in [4.69, 9.17) is 14.2 Å². The van der Waals surface area contributed by atoms with Gasteiger partial charge < -0.3 is 14.2 Å². The first-order valence-corrected chi connectivity index (χ1v) is 9.46. The van der Waals surface area contributed by atoms with Crippen molar-refractivity contribution in [1.29, 1.82) is 0 Å². The van der Waals surface area contributed by atoms with E-state index >= 15 is 0 Å². The smallest absolute Gasteiger partial charge is 0.335 e. The maximum absolute atomic E-state index is 11.9. The molecular weight excluding hydrogens is 348 g/mol. The molecule has 4 nitrogen and oxygen atoms in total. The van der Waals surface area contributed by atoms with E-state index in [0.29, 0.717) is 19.6 Å². The van der Waals surface area contributed by atoms with Gasteiger partial charge in [0.2, 0.25) is 0 Å². The molecule has 0 saturated carbocycles. The van der Waals surface area contributed by atoms with Crippen LogP contribution in [-0.2, 0) is 27.3 Å². The third kappa shape index (κ3) is 4.23. The van der Waals surface area contributed by atoms with Gasteiger partial charge in [-0.15, -0.1) is 11.3 Å². The van der Waals surface area contributed by atoms with Gasteiger partial charge in [-0.3, -0.25) is 0 Å². The maximum Gasteiger partial charge on any atom is 0.335 e. The van der Waals surface area contributed by atoms with E-state index in [1.807, 2.05) is 54.8 Å². The standard InChI is InChI=1S/C21H22O4S/c1-3-24-19(21(22)23-2)13-16-9-10-18(20-17(16)11-12-26-20)25-14-15-7-5-4-6-8-15/h4-12,19H,3,13-14H2,1-2H3. The van der Waals surface area contributed by atoms with Crippen LogP contribution < -0.4 is 4.74 Å². The molecule has 0 N–H and O–H groups in total. The molecule has 0 aliphatic heterocycles. The molecule has 0 fully saturated rings. The van der Waals surface area contributed by atoms with Gasteiger partial charge in [0.05, 0.1) is 11.8 Å². The van der Waals surface area contributed by atoms with Crippen LogP contribution >= 0.6 is 11.3 Å². The van der Waals surface area contributed by atoms with Crippen molar-refractivity contribution < 1.29 is 19.0 Å². The number of esters is 1. The molecule has 0 aliphatic carbocycles. The second-order valence-electron chi connectivity index (χ2n) is 5.83. The minimum Gasteiger partial charge on any atom is -0.487 e. The molecule has 0 amide bonds. The van der Waals surface area contributed by atoms with Crippen LogP contribution in [0.3, 0.4) is 0 Å². The Bertz CT molecular complexity index is 857. The average molecular weight is 370 g/mol. The molecule has 1 heterocycles. The molecule has 0 radical (unpaired) electrons. The predicted molar refractivity (Wildman–Crippen MR) is 104 cm³/mol. The molecular formula is C21H22O4S. The molecule has 26 heavy (non-hydrogen) atoms. The Labute approximate surface area is 157 Å². The first-order chi connectivity index (χ1) is 12.7. The zero-order valence-corrected chi connectivity index (χ0v) is 15.8. The molecule has 1 unspecified atom stereocenters. The Kier molecular flexibility index (Phi) is 6.26. The van der Waals surface area contributed by atoms with E-state index < -0.39 is 6.10 Å². The van der Waals surface area contributed by atoms with E-state index in [2.05, 4.69) is 6.07 Å². The highest BCUT2D eigenvalue weighted by atomic mass is 32.1. The van der Waals surface area contributed by atoms with Gasteiger partial charge in [-0.2, -0.15) is 0 Å². The number of hydrogen-bond donors (Lipinski definition) is 0. The van der Waals surface area contributed by atoms with E-state index in [9.17, 15) is 4.79 Å². The van der Waals surface area contributed by atoms with Crippen molar-refractivity contribution in [2.24, 2.45) is 0 Å². The number of methoxy groups -OCH3 is 1. The minimum atomic E-state index is -0.593. The van der Waals surface area contributed by atoms with Crippen molar-refractivity contribution in [2.75, 3.05) is 13.7 Å². The second-order valence-corrected chi connectivity index (χ2v) is 6.75. The van der Waals surface area contributed by atoms with Crippen molar-refractivity contribution in [3.8, 4) is 5.75 Å². The van der Waals surface area contributed by atoms with Gasteiger partial charge in [0.25, 0.3) is 0 Å². The van der Waals surface area contributed by atoms with Crippen LogP contribution in [0.25, 0.3) is 10.1 Å². The molecule has 1 atom stereocenters. The lowest BCUT2D eigenvalue weighted by Gasteiger charge is -2.16. The molecule has 0 saturated heterocycles. The molecule has 3 aromatic rings. The Hall–Kier alpha value is -2.37. The van der Waals surface area contributed by atoms with E-state index in [-0.39, 0.29) is 5.97 Å². The van der Waals surface area contributed by atoms with Gasteiger partial charge in [-0.1, -0.05) is 36.4 Å². The van der Waals surface area contributed by atoms with Gasteiger partial charge in [0.1, 0.15) is 12.4 Å². The molecule has 1 aromatic heterocycles. The van der Waals surface area contributed by atoms with Crippen molar-refractivity contribution in [1.82, 2.24) is 0 Å². The number of carbonyl (C=O) groups excluding carboxylic acids is 1. The largest absolute Gasteiger partial charge is 0.487 e. The Morgan fingerprint density at radius 2 is 1.92 bits per heavy atom. The monoisotopic (exact) mass is 370 g/mol. The number of fused-ring (bicyclic) bond motifs is 1. The molecule has 0 aliphatic rings. The molecule has 5 heteroatoms. The fourth-order valence-electron chi connectivity index (χ4n) is 2.86. The molecule has 3 rings (SSSR count). The Morgan fingerprint density at radius 3 is 2.65 bits per heavy atom. The molecule has 136 valence electrons. The third-order valence-electron chi connectivity index (χ3n) is 4.15. The summed E-state index contributed by atoms with van der Waals surface area (Å²) in [7, 11) is 1.38. The van der Waals surface area contributed by atoms with Gasteiger partial charge in [0.15, 0.2) is 6.10 Å². The number of hydrogen-bond acceptors (Lipinski definition) is 5. The summed E-state index contributed by atoms with van der Waals surface area (Å²) >= 11 is 1.64. The zero-order valence-electron chi connectivity index (χ0n) is 14.9. The van der Waals surface area contributed by atoms with Crippen LogP contribution in [0, 0.1) is 0 Å². The predicted octanol–water partition coefficient (Wildman–Crippen LogP) is 4.60. The first kappa shape index (κ1) is 18.4. The third-order valence-corrected chi connectivity index (χ3v) is 5.07. The molecule has 2 aromatic carbocycles. The number of thiophene rings is 1. The minimum absolute atomic E-state index is 0.348. The highest BCUT2D eigenvalue weighted by Crippen LogP contribution is 2.34. The lowest BCUT2D eigenvalue weighted by molar-refractivity contribution is -0.153. The van der Waals surface area contributed by atoms with E-state index in [1.165, 1.54) is 7.11 Å². The second kappa shape index (κ2) is 8.83. The van der Waals surface area contributed by atoms with Crippen molar-refractivity contribution in [2.45, 2.75) is 26.1 Å². The van der Waals surface area contributed by atoms with Crippen LogP contribution in [0.4, 0.5) is 0 Å². The van der Waals surface area contributed by atoms with Crippen LogP contribution in [0.5, 0.6) is 5.75 Å². The van der Waals surface area contributed by atoms with Gasteiger partial charge >= 0.3 is 5.97 Å². The topological polar surface area (TPSA) is 44.8 Å². The summed E-state index contributed by atoms with van der Waals surface area (Å²) in [6.45, 7) is 2.86. The number of carbonyl (C=O) groups is 1. The number of benzene rings is 2. The molecule has 0 bridgehead atoms. The van der Waals surface area contributed by atoms with Crippen molar-refractivity contribution in [3.05, 3.63) is 65.0 Å². The van der Waals surface area contributed by atoms with E-state index in [0.717, 1.165) is 27.0 Å².